The van der Waals surface area contributed by atoms with E-state index in [1.807, 2.05) is 19.1 Å². The highest BCUT2D eigenvalue weighted by Crippen LogP contribution is 2.54. The molecule has 1 aliphatic rings. The molecule has 4 rings (SSSR count). The summed E-state index contributed by atoms with van der Waals surface area (Å²) in [7, 11) is 0. The Morgan fingerprint density at radius 1 is 1.06 bits per heavy atom. The van der Waals surface area contributed by atoms with E-state index in [1.54, 1.807) is 0 Å². The van der Waals surface area contributed by atoms with Crippen molar-refractivity contribution in [2.24, 2.45) is 0 Å². The summed E-state index contributed by atoms with van der Waals surface area (Å²) >= 11 is 25.4. The number of thioether (sulfide) groups is 1. The number of halogens is 4. The number of hydrogen-bond donors (Lipinski definition) is 1. The number of nitrogens with one attached hydrogen (secondary N) is 1. The minimum atomic E-state index is -0.219. The second-order valence-corrected chi connectivity index (χ2v) is 9.77. The summed E-state index contributed by atoms with van der Waals surface area (Å²) in [4.78, 5) is 12.4. The first-order valence-electron chi connectivity index (χ1n) is 9.63. The van der Waals surface area contributed by atoms with Crippen LogP contribution in [0.5, 0.6) is 0 Å². The molecule has 31 heavy (non-hydrogen) atoms. The predicted octanol–water partition coefficient (Wildman–Crippen LogP) is 6.91. The summed E-state index contributed by atoms with van der Waals surface area (Å²) < 4.78 is 2.07. The van der Waals surface area contributed by atoms with E-state index in [4.69, 9.17) is 46.4 Å². The van der Waals surface area contributed by atoms with E-state index >= 15 is 0 Å². The quantitative estimate of drug-likeness (QED) is 0.274. The second kappa shape index (κ2) is 9.59. The summed E-state index contributed by atoms with van der Waals surface area (Å²) in [5.74, 6) is 1.65. The lowest BCUT2D eigenvalue weighted by molar-refractivity contribution is -0.113. The van der Waals surface area contributed by atoms with E-state index in [9.17, 15) is 4.79 Å². The standard InChI is InChI=1S/C21H18Cl4N4OS/c1-2-29-20(14-7-13(14)11-3-5-12(22)6-4-11)27-28-21(29)31-10-19(30)26-18-9-16(24)15(23)8-17(18)25/h3-6,8-9,13-14H,2,7,10H2,1H3,(H,26,30). The molecule has 5 nitrogen and oxygen atoms in total. The maximum Gasteiger partial charge on any atom is 0.234 e. The largest absolute Gasteiger partial charge is 0.324 e. The van der Waals surface area contributed by atoms with Crippen LogP contribution in [-0.4, -0.2) is 26.4 Å². The van der Waals surface area contributed by atoms with E-state index in [0.717, 1.165) is 29.0 Å². The number of nitrogens with zero attached hydrogens (tertiary/aromatic N) is 3. The number of carbonyl (C=O) groups excluding carboxylic acids is 1. The van der Waals surface area contributed by atoms with Gasteiger partial charge in [0.15, 0.2) is 5.16 Å². The van der Waals surface area contributed by atoms with Gasteiger partial charge in [-0.1, -0.05) is 70.3 Å². The maximum absolute atomic E-state index is 12.4. The molecule has 1 saturated carbocycles. The molecule has 2 atom stereocenters. The summed E-state index contributed by atoms with van der Waals surface area (Å²) in [5.41, 5.74) is 1.68. The van der Waals surface area contributed by atoms with Crippen LogP contribution in [0.1, 0.15) is 36.6 Å². The van der Waals surface area contributed by atoms with Crippen LogP contribution in [0.2, 0.25) is 20.1 Å². The fraction of sp³-hybridized carbons (Fsp3) is 0.286. The van der Waals surface area contributed by atoms with Crippen LogP contribution >= 0.6 is 58.2 Å². The first kappa shape index (κ1) is 22.7. The van der Waals surface area contributed by atoms with Crippen molar-refractivity contribution < 1.29 is 4.79 Å². The monoisotopic (exact) mass is 514 g/mol. The van der Waals surface area contributed by atoms with E-state index in [1.165, 1.54) is 29.5 Å². The number of benzene rings is 2. The first-order chi connectivity index (χ1) is 14.9. The average molecular weight is 516 g/mol. The van der Waals surface area contributed by atoms with Gasteiger partial charge in [0, 0.05) is 17.5 Å². The van der Waals surface area contributed by atoms with Gasteiger partial charge in [-0.15, -0.1) is 10.2 Å². The molecule has 2 unspecified atom stereocenters. The molecule has 0 aliphatic heterocycles. The fourth-order valence-electron chi connectivity index (χ4n) is 3.47. The summed E-state index contributed by atoms with van der Waals surface area (Å²) in [5, 5.41) is 13.9. The minimum Gasteiger partial charge on any atom is -0.324 e. The van der Waals surface area contributed by atoms with Crippen molar-refractivity contribution in [2.45, 2.75) is 36.9 Å². The van der Waals surface area contributed by atoms with Crippen LogP contribution in [-0.2, 0) is 11.3 Å². The van der Waals surface area contributed by atoms with Gasteiger partial charge in [0.25, 0.3) is 0 Å². The number of anilines is 1. The molecule has 0 bridgehead atoms. The molecule has 1 heterocycles. The van der Waals surface area contributed by atoms with Crippen LogP contribution in [0, 0.1) is 0 Å². The molecule has 0 radical (unpaired) electrons. The number of carbonyl (C=O) groups is 1. The topological polar surface area (TPSA) is 59.8 Å². The van der Waals surface area contributed by atoms with Gasteiger partial charge >= 0.3 is 0 Å². The van der Waals surface area contributed by atoms with Gasteiger partial charge < -0.3 is 9.88 Å². The number of hydrogen-bond acceptors (Lipinski definition) is 4. The Bertz CT molecular complexity index is 1120. The van der Waals surface area contributed by atoms with Gasteiger partial charge in [-0.25, -0.2) is 0 Å². The Morgan fingerprint density at radius 3 is 2.48 bits per heavy atom. The molecule has 162 valence electrons. The normalized spacial score (nSPS) is 17.6. The van der Waals surface area contributed by atoms with E-state index in [2.05, 4.69) is 32.2 Å². The zero-order valence-corrected chi connectivity index (χ0v) is 20.3. The SMILES string of the molecule is CCn1c(SCC(=O)Nc2cc(Cl)c(Cl)cc2Cl)nnc1C1CC1c1ccc(Cl)cc1. The Balaban J connectivity index is 1.40. The van der Waals surface area contributed by atoms with Crippen molar-refractivity contribution in [3.63, 3.8) is 0 Å². The summed E-state index contributed by atoms with van der Waals surface area (Å²) in [6.07, 6.45) is 1.03. The molecule has 1 fully saturated rings. The van der Waals surface area contributed by atoms with Crippen molar-refractivity contribution in [3.8, 4) is 0 Å². The molecule has 1 aromatic heterocycles. The molecule has 1 N–H and O–H groups in total. The van der Waals surface area contributed by atoms with Gasteiger partial charge in [0.1, 0.15) is 5.82 Å². The van der Waals surface area contributed by atoms with E-state index in [0.29, 0.717) is 32.6 Å². The van der Waals surface area contributed by atoms with E-state index < -0.39 is 0 Å². The van der Waals surface area contributed by atoms with Crippen molar-refractivity contribution in [1.29, 1.82) is 0 Å². The molecule has 0 spiro atoms. The van der Waals surface area contributed by atoms with Crippen LogP contribution in [0.15, 0.2) is 41.6 Å². The summed E-state index contributed by atoms with van der Waals surface area (Å²) in [6, 6.07) is 11.0. The molecule has 2 aromatic carbocycles. The van der Waals surface area contributed by atoms with Crippen LogP contribution in [0.25, 0.3) is 0 Å². The van der Waals surface area contributed by atoms with Crippen LogP contribution < -0.4 is 5.32 Å². The van der Waals surface area contributed by atoms with Crippen molar-refractivity contribution in [1.82, 2.24) is 14.8 Å². The van der Waals surface area contributed by atoms with Crippen molar-refractivity contribution in [3.05, 3.63) is 67.9 Å². The first-order valence-corrected chi connectivity index (χ1v) is 12.1. The third-order valence-corrected chi connectivity index (χ3v) is 7.35. The number of rotatable bonds is 7. The Morgan fingerprint density at radius 2 is 1.77 bits per heavy atom. The zero-order valence-electron chi connectivity index (χ0n) is 16.4. The molecular formula is C21H18Cl4N4OS. The van der Waals surface area contributed by atoms with Gasteiger partial charge in [0.2, 0.25) is 5.91 Å². The Hall–Kier alpha value is -1.44. The van der Waals surface area contributed by atoms with Crippen molar-refractivity contribution in [2.75, 3.05) is 11.1 Å². The third kappa shape index (κ3) is 5.15. The minimum absolute atomic E-state index is 0.167. The van der Waals surface area contributed by atoms with Gasteiger partial charge in [-0.05, 0) is 49.1 Å². The molecule has 1 amide bonds. The van der Waals surface area contributed by atoms with Crippen LogP contribution in [0.4, 0.5) is 5.69 Å². The lowest BCUT2D eigenvalue weighted by atomic mass is 10.1. The molecule has 0 saturated heterocycles. The lowest BCUT2D eigenvalue weighted by Crippen LogP contribution is -2.15. The predicted molar refractivity (Wildman–Crippen MR) is 128 cm³/mol. The number of amides is 1. The average Bonchev–Trinajstić information content (AvgIpc) is 3.42. The number of aromatic nitrogens is 3. The zero-order chi connectivity index (χ0) is 22.1. The fourth-order valence-corrected chi connectivity index (χ4v) is 5.00. The smallest absolute Gasteiger partial charge is 0.234 e. The molecule has 10 heteroatoms. The van der Waals surface area contributed by atoms with Gasteiger partial charge in [-0.2, -0.15) is 0 Å². The van der Waals surface area contributed by atoms with E-state index in [-0.39, 0.29) is 11.7 Å². The van der Waals surface area contributed by atoms with Gasteiger partial charge in [0.05, 0.1) is 26.5 Å². The highest BCUT2D eigenvalue weighted by Gasteiger charge is 2.43. The highest BCUT2D eigenvalue weighted by molar-refractivity contribution is 7.99. The Kier molecular flexibility index (Phi) is 7.04. The van der Waals surface area contributed by atoms with Gasteiger partial charge in [-0.3, -0.25) is 4.79 Å². The molecule has 3 aromatic rings. The Labute approximate surface area is 204 Å². The van der Waals surface area contributed by atoms with Crippen molar-refractivity contribution >= 4 is 69.8 Å². The molecule has 1 aliphatic carbocycles. The lowest BCUT2D eigenvalue weighted by Gasteiger charge is -2.09. The second-order valence-electron chi connectivity index (χ2n) is 7.17. The third-order valence-electron chi connectivity index (χ3n) is 5.10. The maximum atomic E-state index is 12.4. The molecular weight excluding hydrogens is 498 g/mol. The summed E-state index contributed by atoms with van der Waals surface area (Å²) in [6.45, 7) is 2.78. The van der Waals surface area contributed by atoms with Crippen LogP contribution in [0.3, 0.4) is 0 Å². The highest BCUT2D eigenvalue weighted by atomic mass is 35.5.